The Hall–Kier alpha value is -2.41. The Bertz CT molecular complexity index is 908. The zero-order chi connectivity index (χ0) is 16.8. The molecule has 23 heavy (non-hydrogen) atoms. The number of benzene rings is 2. The largest absolute Gasteiger partial charge is 0.378 e. The molecule has 0 fully saturated rings. The van der Waals surface area contributed by atoms with Crippen LogP contribution in [-0.2, 0) is 0 Å². The molecule has 1 N–H and O–H groups in total. The number of carbonyl (C=O) groups is 2. The Kier molecular flexibility index (Phi) is 3.60. The summed E-state index contributed by atoms with van der Waals surface area (Å²) in [5.41, 5.74) is 0.272. The van der Waals surface area contributed by atoms with Crippen molar-refractivity contribution in [1.29, 1.82) is 0 Å². The van der Waals surface area contributed by atoms with Gasteiger partial charge in [-0.3, -0.25) is 9.59 Å². The Morgan fingerprint density at radius 1 is 0.957 bits per heavy atom. The van der Waals surface area contributed by atoms with Gasteiger partial charge in [-0.2, -0.15) is 0 Å². The van der Waals surface area contributed by atoms with Crippen LogP contribution in [0.5, 0.6) is 0 Å². The molecule has 114 valence electrons. The van der Waals surface area contributed by atoms with E-state index in [-0.39, 0.29) is 33.3 Å². The van der Waals surface area contributed by atoms with E-state index < -0.39 is 5.60 Å². The minimum Gasteiger partial charge on any atom is -0.378 e. The summed E-state index contributed by atoms with van der Waals surface area (Å²) in [5, 5.41) is 10.1. The third-order valence-electron chi connectivity index (χ3n) is 3.54. The number of hydrogen-bond donors (Lipinski definition) is 1. The van der Waals surface area contributed by atoms with Crippen molar-refractivity contribution in [3.8, 4) is 11.8 Å². The summed E-state index contributed by atoms with van der Waals surface area (Å²) < 4.78 is 0. The van der Waals surface area contributed by atoms with Gasteiger partial charge in [0.25, 0.3) is 0 Å². The summed E-state index contributed by atoms with van der Waals surface area (Å²) in [4.78, 5) is 25.4. The summed E-state index contributed by atoms with van der Waals surface area (Å²) in [7, 11) is 0. The molecule has 1 aliphatic rings. The molecule has 2 aromatic carbocycles. The summed E-state index contributed by atoms with van der Waals surface area (Å²) in [5.74, 6) is 4.90. The quantitative estimate of drug-likeness (QED) is 0.646. The van der Waals surface area contributed by atoms with Crippen molar-refractivity contribution in [3.05, 3.63) is 69.2 Å². The Labute approximate surface area is 138 Å². The van der Waals surface area contributed by atoms with E-state index in [4.69, 9.17) is 11.6 Å². The molecule has 0 unspecified atom stereocenters. The van der Waals surface area contributed by atoms with E-state index in [9.17, 15) is 14.7 Å². The summed E-state index contributed by atoms with van der Waals surface area (Å²) >= 11 is 6.18. The molecule has 3 rings (SSSR count). The maximum Gasteiger partial charge on any atom is 0.195 e. The van der Waals surface area contributed by atoms with Crippen molar-refractivity contribution < 1.29 is 14.7 Å². The monoisotopic (exact) mass is 324 g/mol. The molecule has 2 aromatic rings. The van der Waals surface area contributed by atoms with Gasteiger partial charge < -0.3 is 5.11 Å². The number of rotatable bonds is 0. The lowest BCUT2D eigenvalue weighted by Gasteiger charge is -2.19. The number of fused-ring (bicyclic) bond motifs is 2. The maximum atomic E-state index is 12.8. The summed E-state index contributed by atoms with van der Waals surface area (Å²) in [6.45, 7) is 3.07. The molecule has 0 bridgehead atoms. The van der Waals surface area contributed by atoms with E-state index in [0.29, 0.717) is 11.1 Å². The number of hydrogen-bond acceptors (Lipinski definition) is 3. The van der Waals surface area contributed by atoms with Crippen LogP contribution in [-0.4, -0.2) is 22.3 Å². The molecule has 3 nitrogen and oxygen atoms in total. The highest BCUT2D eigenvalue weighted by Crippen LogP contribution is 2.32. The smallest absolute Gasteiger partial charge is 0.195 e. The second-order valence-electron chi connectivity index (χ2n) is 5.86. The first-order chi connectivity index (χ1) is 10.8. The first-order valence-corrected chi connectivity index (χ1v) is 7.44. The van der Waals surface area contributed by atoms with Crippen LogP contribution in [0, 0.1) is 11.8 Å². The van der Waals surface area contributed by atoms with Gasteiger partial charge in [-0.25, -0.2) is 0 Å². The fourth-order valence-corrected chi connectivity index (χ4v) is 2.70. The van der Waals surface area contributed by atoms with Gasteiger partial charge in [-0.1, -0.05) is 47.7 Å². The molecule has 0 saturated carbocycles. The second kappa shape index (κ2) is 5.34. The van der Waals surface area contributed by atoms with Gasteiger partial charge in [-0.15, -0.1) is 0 Å². The first-order valence-electron chi connectivity index (χ1n) is 7.06. The Morgan fingerprint density at radius 3 is 2.17 bits per heavy atom. The molecule has 0 aromatic heterocycles. The summed E-state index contributed by atoms with van der Waals surface area (Å²) in [6, 6.07) is 9.78. The molecule has 0 radical (unpaired) electrons. The standard InChI is InChI=1S/C19H13ClO3/c1-19(2,23)10-9-13-15(20)8-7-14-16(13)18(22)12-6-4-3-5-11(12)17(14)21/h3-8,23H,1-2H3. The van der Waals surface area contributed by atoms with Crippen molar-refractivity contribution in [2.75, 3.05) is 0 Å². The normalized spacial score (nSPS) is 13.0. The van der Waals surface area contributed by atoms with Crippen molar-refractivity contribution in [2.45, 2.75) is 19.4 Å². The highest BCUT2D eigenvalue weighted by molar-refractivity contribution is 6.35. The molecule has 0 aliphatic heterocycles. The van der Waals surface area contributed by atoms with Crippen LogP contribution < -0.4 is 0 Å². The van der Waals surface area contributed by atoms with E-state index in [1.54, 1.807) is 36.4 Å². The van der Waals surface area contributed by atoms with Gasteiger partial charge in [0.15, 0.2) is 11.6 Å². The summed E-state index contributed by atoms with van der Waals surface area (Å²) in [6.07, 6.45) is 0. The van der Waals surface area contributed by atoms with Crippen LogP contribution >= 0.6 is 11.6 Å². The molecular weight excluding hydrogens is 312 g/mol. The fourth-order valence-electron chi connectivity index (χ4n) is 2.50. The second-order valence-corrected chi connectivity index (χ2v) is 6.26. The highest BCUT2D eigenvalue weighted by Gasteiger charge is 2.32. The molecule has 1 aliphatic carbocycles. The van der Waals surface area contributed by atoms with Crippen LogP contribution in [0.3, 0.4) is 0 Å². The van der Waals surface area contributed by atoms with Gasteiger partial charge >= 0.3 is 0 Å². The molecule has 0 heterocycles. The zero-order valence-corrected chi connectivity index (χ0v) is 13.4. The predicted molar refractivity (Wildman–Crippen MR) is 87.9 cm³/mol. The zero-order valence-electron chi connectivity index (χ0n) is 12.6. The van der Waals surface area contributed by atoms with E-state index in [2.05, 4.69) is 11.8 Å². The SMILES string of the molecule is CC(C)(O)C#Cc1c(Cl)ccc2c1C(=O)c1ccccc1C2=O. The van der Waals surface area contributed by atoms with Gasteiger partial charge in [-0.05, 0) is 26.0 Å². The van der Waals surface area contributed by atoms with Crippen molar-refractivity contribution in [3.63, 3.8) is 0 Å². The lowest BCUT2D eigenvalue weighted by Crippen LogP contribution is -2.22. The number of ketones is 2. The average Bonchev–Trinajstić information content (AvgIpc) is 2.50. The molecule has 0 saturated heterocycles. The van der Waals surface area contributed by atoms with Crippen LogP contribution in [0.25, 0.3) is 0 Å². The molecule has 4 heteroatoms. The first kappa shape index (κ1) is 15.5. The van der Waals surface area contributed by atoms with Crippen LogP contribution in [0.4, 0.5) is 0 Å². The van der Waals surface area contributed by atoms with E-state index in [0.717, 1.165) is 0 Å². The maximum absolute atomic E-state index is 12.8. The Morgan fingerprint density at radius 2 is 1.57 bits per heavy atom. The lowest BCUT2D eigenvalue weighted by molar-refractivity contribution is 0.0979. The third-order valence-corrected chi connectivity index (χ3v) is 3.85. The minimum atomic E-state index is -1.23. The Balaban J connectivity index is 2.29. The molecular formula is C19H13ClO3. The van der Waals surface area contributed by atoms with Crippen molar-refractivity contribution >= 4 is 23.2 Å². The fraction of sp³-hybridized carbons (Fsp3) is 0.158. The topological polar surface area (TPSA) is 54.4 Å². The van der Waals surface area contributed by atoms with E-state index in [1.807, 2.05) is 0 Å². The van der Waals surface area contributed by atoms with Gasteiger partial charge in [0.2, 0.25) is 0 Å². The third kappa shape index (κ3) is 2.68. The minimum absolute atomic E-state index is 0.206. The van der Waals surface area contributed by atoms with Gasteiger partial charge in [0.05, 0.1) is 16.1 Å². The van der Waals surface area contributed by atoms with Crippen molar-refractivity contribution in [2.24, 2.45) is 0 Å². The van der Waals surface area contributed by atoms with Gasteiger partial charge in [0.1, 0.15) is 5.60 Å². The average molecular weight is 325 g/mol. The molecule has 0 amide bonds. The number of aliphatic hydroxyl groups is 1. The highest BCUT2D eigenvalue weighted by atomic mass is 35.5. The number of halogens is 1. The predicted octanol–water partition coefficient (Wildman–Crippen LogP) is 3.24. The van der Waals surface area contributed by atoms with Crippen LogP contribution in [0.2, 0.25) is 5.02 Å². The number of carbonyl (C=O) groups excluding carboxylic acids is 2. The molecule has 0 spiro atoms. The van der Waals surface area contributed by atoms with Gasteiger partial charge in [0, 0.05) is 16.7 Å². The molecule has 0 atom stereocenters. The van der Waals surface area contributed by atoms with Crippen LogP contribution in [0.1, 0.15) is 51.3 Å². The van der Waals surface area contributed by atoms with Crippen LogP contribution in [0.15, 0.2) is 36.4 Å². The van der Waals surface area contributed by atoms with E-state index in [1.165, 1.54) is 13.8 Å². The van der Waals surface area contributed by atoms with E-state index >= 15 is 0 Å². The lowest BCUT2D eigenvalue weighted by atomic mass is 9.82. The van der Waals surface area contributed by atoms with Crippen molar-refractivity contribution in [1.82, 2.24) is 0 Å².